The summed E-state index contributed by atoms with van der Waals surface area (Å²) in [6, 6.07) is 6.58. The molecule has 0 radical (unpaired) electrons. The van der Waals surface area contributed by atoms with Crippen molar-refractivity contribution >= 4 is 44.0 Å². The predicted octanol–water partition coefficient (Wildman–Crippen LogP) is 2.26. The van der Waals surface area contributed by atoms with Crippen molar-refractivity contribution in [2.45, 2.75) is 4.90 Å². The highest BCUT2D eigenvalue weighted by Gasteiger charge is 2.11. The number of hydrogen-bond acceptors (Lipinski definition) is 2. The van der Waals surface area contributed by atoms with Gasteiger partial charge in [-0.3, -0.25) is 0 Å². The molecule has 12 heavy (non-hydrogen) atoms. The minimum absolute atomic E-state index is 0.276. The summed E-state index contributed by atoms with van der Waals surface area (Å²) >= 11 is 7.39. The number of sulfone groups is 1. The van der Waals surface area contributed by atoms with E-state index in [0.29, 0.717) is 0 Å². The second-order valence-corrected chi connectivity index (χ2v) is 6.00. The van der Waals surface area contributed by atoms with Gasteiger partial charge < -0.3 is 0 Å². The zero-order valence-corrected chi connectivity index (χ0v) is 9.73. The molecule has 0 spiro atoms. The van der Waals surface area contributed by atoms with Crippen LogP contribution in [0, 0.1) is 3.57 Å². The maximum Gasteiger partial charge on any atom is 0.192 e. The van der Waals surface area contributed by atoms with Gasteiger partial charge in [0, 0.05) is 3.57 Å². The van der Waals surface area contributed by atoms with Gasteiger partial charge in [-0.25, -0.2) is 8.42 Å². The highest BCUT2D eigenvalue weighted by molar-refractivity contribution is 14.1. The minimum atomic E-state index is -3.25. The summed E-state index contributed by atoms with van der Waals surface area (Å²) in [5.41, 5.74) is 0. The summed E-state index contributed by atoms with van der Waals surface area (Å²) in [6.07, 6.45) is 0. The first kappa shape index (κ1) is 10.3. The van der Waals surface area contributed by atoms with E-state index in [1.165, 1.54) is 0 Å². The fraction of sp³-hybridized carbons (Fsp3) is 0.143. The number of halogens is 2. The highest BCUT2D eigenvalue weighted by Crippen LogP contribution is 2.14. The fourth-order valence-electron chi connectivity index (χ4n) is 0.705. The van der Waals surface area contributed by atoms with Gasteiger partial charge in [-0.05, 0) is 46.9 Å². The van der Waals surface area contributed by atoms with Crippen LogP contribution in [-0.4, -0.2) is 13.6 Å². The van der Waals surface area contributed by atoms with Crippen molar-refractivity contribution in [1.29, 1.82) is 0 Å². The zero-order chi connectivity index (χ0) is 9.19. The van der Waals surface area contributed by atoms with E-state index in [2.05, 4.69) is 22.6 Å². The molecule has 0 aliphatic rings. The Bertz CT molecular complexity index is 357. The predicted molar refractivity (Wildman–Crippen MR) is 57.1 cm³/mol. The topological polar surface area (TPSA) is 34.1 Å². The van der Waals surface area contributed by atoms with Gasteiger partial charge in [0.2, 0.25) is 0 Å². The largest absolute Gasteiger partial charge is 0.222 e. The Kier molecular flexibility index (Phi) is 3.37. The van der Waals surface area contributed by atoms with Crippen LogP contribution < -0.4 is 0 Å². The van der Waals surface area contributed by atoms with E-state index in [1.54, 1.807) is 24.3 Å². The van der Waals surface area contributed by atoms with Crippen LogP contribution in [0.3, 0.4) is 0 Å². The summed E-state index contributed by atoms with van der Waals surface area (Å²) in [7, 11) is -3.25. The Morgan fingerprint density at radius 2 is 1.75 bits per heavy atom. The molecule has 2 nitrogen and oxygen atoms in total. The standard InChI is InChI=1S/C7H6ClIO2S/c8-5-12(10,11)7-3-1-6(9)2-4-7/h1-4H,5H2. The third kappa shape index (κ3) is 2.34. The molecule has 0 aliphatic heterocycles. The van der Waals surface area contributed by atoms with E-state index in [-0.39, 0.29) is 10.1 Å². The minimum Gasteiger partial charge on any atom is -0.222 e. The molecule has 0 unspecified atom stereocenters. The van der Waals surface area contributed by atoms with Crippen LogP contribution in [0.2, 0.25) is 0 Å². The summed E-state index contributed by atoms with van der Waals surface area (Å²) in [6.45, 7) is 0. The molecule has 0 aromatic heterocycles. The average Bonchev–Trinajstić information content (AvgIpc) is 2.05. The van der Waals surface area contributed by atoms with Crippen LogP contribution >= 0.6 is 34.2 Å². The second kappa shape index (κ2) is 3.93. The smallest absolute Gasteiger partial charge is 0.192 e. The van der Waals surface area contributed by atoms with Crippen LogP contribution in [-0.2, 0) is 9.84 Å². The summed E-state index contributed by atoms with van der Waals surface area (Å²) in [5, 5.41) is -0.367. The fourth-order valence-corrected chi connectivity index (χ4v) is 2.12. The van der Waals surface area contributed by atoms with Crippen LogP contribution in [0.15, 0.2) is 29.2 Å². The Hall–Kier alpha value is 0.190. The van der Waals surface area contributed by atoms with E-state index >= 15 is 0 Å². The molecule has 0 amide bonds. The van der Waals surface area contributed by atoms with Gasteiger partial charge in [0.05, 0.1) is 4.90 Å². The summed E-state index contributed by atoms with van der Waals surface area (Å²) in [5.74, 6) is 0. The molecule has 0 atom stereocenters. The first-order chi connectivity index (χ1) is 5.56. The summed E-state index contributed by atoms with van der Waals surface area (Å²) < 4.78 is 23.4. The van der Waals surface area contributed by atoms with Crippen molar-refractivity contribution in [3.63, 3.8) is 0 Å². The SMILES string of the molecule is O=S(=O)(CCl)c1ccc(I)cc1. The normalized spacial score (nSPS) is 11.5. The van der Waals surface area contributed by atoms with E-state index < -0.39 is 9.84 Å². The molecule has 0 saturated heterocycles. The Morgan fingerprint density at radius 1 is 1.25 bits per heavy atom. The molecule has 0 N–H and O–H groups in total. The van der Waals surface area contributed by atoms with Gasteiger partial charge in [0.1, 0.15) is 5.21 Å². The molecular weight excluding hydrogens is 310 g/mol. The molecule has 0 bridgehead atoms. The molecule has 1 rings (SSSR count). The Balaban J connectivity index is 3.14. The molecule has 0 fully saturated rings. The Morgan fingerprint density at radius 3 is 2.17 bits per heavy atom. The first-order valence-electron chi connectivity index (χ1n) is 3.10. The number of hydrogen-bond donors (Lipinski definition) is 0. The van der Waals surface area contributed by atoms with Crippen LogP contribution in [0.4, 0.5) is 0 Å². The van der Waals surface area contributed by atoms with E-state index in [0.717, 1.165) is 3.57 Å². The van der Waals surface area contributed by atoms with Gasteiger partial charge >= 0.3 is 0 Å². The molecule has 5 heteroatoms. The van der Waals surface area contributed by atoms with Gasteiger partial charge in [0.25, 0.3) is 0 Å². The second-order valence-electron chi connectivity index (χ2n) is 2.18. The van der Waals surface area contributed by atoms with Gasteiger partial charge in [0.15, 0.2) is 9.84 Å². The van der Waals surface area contributed by atoms with E-state index in [1.807, 2.05) is 0 Å². The van der Waals surface area contributed by atoms with Crippen molar-refractivity contribution in [2.75, 3.05) is 5.21 Å². The monoisotopic (exact) mass is 316 g/mol. The van der Waals surface area contributed by atoms with Crippen molar-refractivity contribution in [3.05, 3.63) is 27.8 Å². The lowest BCUT2D eigenvalue weighted by molar-refractivity contribution is 0.600. The van der Waals surface area contributed by atoms with Crippen LogP contribution in [0.1, 0.15) is 0 Å². The lowest BCUT2D eigenvalue weighted by atomic mass is 10.4. The first-order valence-corrected chi connectivity index (χ1v) is 6.37. The average molecular weight is 317 g/mol. The van der Waals surface area contributed by atoms with Crippen LogP contribution in [0.25, 0.3) is 0 Å². The molecule has 0 aliphatic carbocycles. The van der Waals surface area contributed by atoms with E-state index in [4.69, 9.17) is 11.6 Å². The number of benzene rings is 1. The third-order valence-electron chi connectivity index (χ3n) is 1.32. The van der Waals surface area contributed by atoms with E-state index in [9.17, 15) is 8.42 Å². The molecular formula is C7H6ClIO2S. The van der Waals surface area contributed by atoms with Gasteiger partial charge in [-0.15, -0.1) is 11.6 Å². The third-order valence-corrected chi connectivity index (χ3v) is 4.18. The molecule has 66 valence electrons. The zero-order valence-electron chi connectivity index (χ0n) is 6.00. The molecule has 1 aromatic carbocycles. The quantitative estimate of drug-likeness (QED) is 0.619. The number of alkyl halides is 1. The lowest BCUT2D eigenvalue weighted by Crippen LogP contribution is -2.01. The maximum atomic E-state index is 11.2. The summed E-state index contributed by atoms with van der Waals surface area (Å²) in [4.78, 5) is 0.276. The van der Waals surface area contributed by atoms with Crippen molar-refractivity contribution in [2.24, 2.45) is 0 Å². The Labute approximate surface area is 90.0 Å². The molecule has 1 aromatic rings. The van der Waals surface area contributed by atoms with Crippen molar-refractivity contribution in [3.8, 4) is 0 Å². The number of rotatable bonds is 2. The van der Waals surface area contributed by atoms with Crippen molar-refractivity contribution < 1.29 is 8.42 Å². The highest BCUT2D eigenvalue weighted by atomic mass is 127. The van der Waals surface area contributed by atoms with Gasteiger partial charge in [-0.2, -0.15) is 0 Å². The molecule has 0 heterocycles. The van der Waals surface area contributed by atoms with Crippen molar-refractivity contribution in [1.82, 2.24) is 0 Å². The lowest BCUT2D eigenvalue weighted by Gasteiger charge is -1.98. The van der Waals surface area contributed by atoms with Gasteiger partial charge in [-0.1, -0.05) is 0 Å². The maximum absolute atomic E-state index is 11.2. The molecule has 0 saturated carbocycles. The van der Waals surface area contributed by atoms with Crippen LogP contribution in [0.5, 0.6) is 0 Å².